The average molecular weight is 536 g/mol. The maximum Gasteiger partial charge on any atom is 0.273 e. The van der Waals surface area contributed by atoms with Crippen molar-refractivity contribution in [3.05, 3.63) is 58.4 Å². The second-order valence-electron chi connectivity index (χ2n) is 10.4. The fourth-order valence-corrected chi connectivity index (χ4v) is 8.04. The van der Waals surface area contributed by atoms with E-state index in [9.17, 15) is 22.4 Å². The molecule has 1 aromatic heterocycles. The Labute approximate surface area is 211 Å². The molecule has 6 rings (SSSR count). The number of piperidine rings is 1. The summed E-state index contributed by atoms with van der Waals surface area (Å²) in [4.78, 5) is 31.9. The first-order chi connectivity index (χ1) is 17.1. The van der Waals surface area contributed by atoms with Crippen LogP contribution >= 0.6 is 11.6 Å². The van der Waals surface area contributed by atoms with Crippen molar-refractivity contribution in [2.75, 3.05) is 0 Å². The van der Waals surface area contributed by atoms with E-state index < -0.39 is 56.0 Å². The molecular weight excluding hydrogens is 512 g/mol. The number of hydrogen-bond donors (Lipinski definition) is 1. The Hall–Kier alpha value is -2.59. The summed E-state index contributed by atoms with van der Waals surface area (Å²) in [6, 6.07) is 3.67. The van der Waals surface area contributed by atoms with Crippen LogP contribution < -0.4 is 5.73 Å². The van der Waals surface area contributed by atoms with Crippen LogP contribution in [0.15, 0.2) is 35.4 Å². The molecule has 0 spiro atoms. The van der Waals surface area contributed by atoms with Gasteiger partial charge in [-0.15, -0.1) is 0 Å². The van der Waals surface area contributed by atoms with Gasteiger partial charge in [0.15, 0.2) is 9.84 Å². The van der Waals surface area contributed by atoms with E-state index in [1.165, 1.54) is 23.2 Å². The Balaban J connectivity index is 1.44. The summed E-state index contributed by atoms with van der Waals surface area (Å²) in [6.07, 6.45) is 4.78. The molecule has 1 aromatic carbocycles. The molecule has 3 unspecified atom stereocenters. The first-order valence-corrected chi connectivity index (χ1v) is 14.0. The van der Waals surface area contributed by atoms with Crippen LogP contribution in [0, 0.1) is 23.5 Å². The minimum Gasteiger partial charge on any atom is -0.368 e. The molecule has 2 N–H and O–H groups in total. The molecule has 2 heterocycles. The fourth-order valence-electron chi connectivity index (χ4n) is 6.22. The summed E-state index contributed by atoms with van der Waals surface area (Å²) in [5, 5.41) is -0.794. The molecule has 11 heteroatoms. The first-order valence-electron chi connectivity index (χ1n) is 12.0. The van der Waals surface area contributed by atoms with Gasteiger partial charge in [0, 0.05) is 12.1 Å². The van der Waals surface area contributed by atoms with E-state index in [1.807, 2.05) is 0 Å². The lowest BCUT2D eigenvalue weighted by molar-refractivity contribution is -0.122. The van der Waals surface area contributed by atoms with E-state index in [1.54, 1.807) is 0 Å². The van der Waals surface area contributed by atoms with Crippen molar-refractivity contribution in [3.8, 4) is 0 Å². The molecule has 2 amide bonds. The van der Waals surface area contributed by atoms with Gasteiger partial charge < -0.3 is 10.6 Å². The quantitative estimate of drug-likeness (QED) is 0.545. The highest BCUT2D eigenvalue weighted by atomic mass is 35.5. The second-order valence-corrected chi connectivity index (χ2v) is 13.1. The number of nitrogens with two attached hydrogens (primary N) is 1. The molecule has 0 radical (unpaired) electrons. The largest absolute Gasteiger partial charge is 0.368 e. The Bertz CT molecular complexity index is 1410. The number of carbonyl (C=O) groups is 2. The fraction of sp³-hybridized carbons (Fsp3) is 0.480. The number of sulfone groups is 1. The van der Waals surface area contributed by atoms with Crippen LogP contribution in [0.5, 0.6) is 0 Å². The first kappa shape index (κ1) is 23.8. The third kappa shape index (κ3) is 3.55. The lowest BCUT2D eigenvalue weighted by Gasteiger charge is -2.38. The van der Waals surface area contributed by atoms with Crippen molar-refractivity contribution >= 4 is 33.3 Å². The van der Waals surface area contributed by atoms with Gasteiger partial charge in [0.25, 0.3) is 5.91 Å². The molecule has 3 aliphatic carbocycles. The van der Waals surface area contributed by atoms with Crippen LogP contribution in [0.3, 0.4) is 0 Å². The van der Waals surface area contributed by atoms with Crippen LogP contribution in [-0.2, 0) is 14.6 Å². The molecule has 1 aliphatic heterocycles. The van der Waals surface area contributed by atoms with E-state index in [0.717, 1.165) is 25.0 Å². The highest BCUT2D eigenvalue weighted by Crippen LogP contribution is 2.69. The van der Waals surface area contributed by atoms with Crippen molar-refractivity contribution < 1.29 is 26.8 Å². The molecule has 1 saturated heterocycles. The molecular formula is C25H24ClF2N3O4S. The molecule has 36 heavy (non-hydrogen) atoms. The highest BCUT2D eigenvalue weighted by molar-refractivity contribution is 7.92. The highest BCUT2D eigenvalue weighted by Gasteiger charge is 2.73. The Morgan fingerprint density at radius 3 is 2.50 bits per heavy atom. The van der Waals surface area contributed by atoms with Gasteiger partial charge in [0.05, 0.1) is 20.7 Å². The summed E-state index contributed by atoms with van der Waals surface area (Å²) >= 11 is 5.79. The number of rotatable bonds is 7. The van der Waals surface area contributed by atoms with Gasteiger partial charge in [-0.1, -0.05) is 11.6 Å². The second kappa shape index (κ2) is 7.95. The molecule has 0 bridgehead atoms. The number of halogens is 3. The zero-order chi connectivity index (χ0) is 25.6. The van der Waals surface area contributed by atoms with E-state index >= 15 is 4.39 Å². The molecule has 4 aliphatic rings. The lowest BCUT2D eigenvalue weighted by atomic mass is 9.83. The summed E-state index contributed by atoms with van der Waals surface area (Å²) in [6.45, 7) is 0. The maximum atomic E-state index is 15.2. The summed E-state index contributed by atoms with van der Waals surface area (Å²) in [5.74, 6) is -3.43. The van der Waals surface area contributed by atoms with Gasteiger partial charge in [0.2, 0.25) is 5.91 Å². The van der Waals surface area contributed by atoms with Gasteiger partial charge in [-0.2, -0.15) is 0 Å². The third-order valence-corrected chi connectivity index (χ3v) is 10.7. The van der Waals surface area contributed by atoms with Crippen molar-refractivity contribution in [1.82, 2.24) is 9.88 Å². The number of benzene rings is 1. The monoisotopic (exact) mass is 535 g/mol. The predicted octanol–water partition coefficient (Wildman–Crippen LogP) is 3.60. The smallest absolute Gasteiger partial charge is 0.273 e. The Kier molecular flexibility index (Phi) is 5.25. The lowest BCUT2D eigenvalue weighted by Crippen LogP contribution is -2.53. The summed E-state index contributed by atoms with van der Waals surface area (Å²) in [7, 11) is -3.58. The van der Waals surface area contributed by atoms with Crippen LogP contribution in [0.4, 0.5) is 8.78 Å². The Morgan fingerprint density at radius 1 is 1.14 bits per heavy atom. The van der Waals surface area contributed by atoms with Crippen LogP contribution in [0.25, 0.3) is 0 Å². The van der Waals surface area contributed by atoms with Crippen molar-refractivity contribution in [3.63, 3.8) is 0 Å². The number of hydrogen-bond acceptors (Lipinski definition) is 5. The zero-order valence-electron chi connectivity index (χ0n) is 19.2. The molecule has 4 fully saturated rings. The SMILES string of the molecule is NC(=O)C1CC2CC2([C@@H](c2cc(F)c(Cl)cc2F)C2CC2)N1C(=O)c1cc(S(=O)(=O)C2CC2)ccn1. The predicted molar refractivity (Wildman–Crippen MR) is 126 cm³/mol. The number of likely N-dealkylation sites (tertiary alicyclic amines) is 1. The number of carbonyl (C=O) groups excluding carboxylic acids is 2. The number of primary amides is 1. The van der Waals surface area contributed by atoms with Gasteiger partial charge in [-0.3, -0.25) is 14.6 Å². The van der Waals surface area contributed by atoms with E-state index in [2.05, 4.69) is 4.98 Å². The van der Waals surface area contributed by atoms with Crippen molar-refractivity contribution in [2.45, 2.75) is 66.2 Å². The topological polar surface area (TPSA) is 110 Å². The number of amides is 2. The van der Waals surface area contributed by atoms with E-state index in [4.69, 9.17) is 17.3 Å². The van der Waals surface area contributed by atoms with Gasteiger partial charge in [-0.25, -0.2) is 17.2 Å². The van der Waals surface area contributed by atoms with Crippen molar-refractivity contribution in [1.29, 1.82) is 0 Å². The summed E-state index contributed by atoms with van der Waals surface area (Å²) in [5.41, 5.74) is 4.77. The van der Waals surface area contributed by atoms with E-state index in [-0.39, 0.29) is 33.0 Å². The average Bonchev–Trinajstić information content (AvgIpc) is 3.71. The van der Waals surface area contributed by atoms with Gasteiger partial charge >= 0.3 is 0 Å². The van der Waals surface area contributed by atoms with Crippen molar-refractivity contribution in [2.24, 2.45) is 17.6 Å². The minimum absolute atomic E-state index is 0.00143. The number of aromatic nitrogens is 1. The molecule has 3 saturated carbocycles. The van der Waals surface area contributed by atoms with Crippen LogP contribution in [-0.4, -0.2) is 46.9 Å². The summed E-state index contributed by atoms with van der Waals surface area (Å²) < 4.78 is 55.2. The van der Waals surface area contributed by atoms with Crippen LogP contribution in [0.2, 0.25) is 5.02 Å². The molecule has 7 nitrogen and oxygen atoms in total. The van der Waals surface area contributed by atoms with Crippen LogP contribution in [0.1, 0.15) is 60.5 Å². The number of fused-ring (bicyclic) bond motifs is 1. The standard InChI is InChI=1S/C25H24ClF2N3O4S/c26-17-10-18(27)16(9-19(17)28)22(12-1-2-12)25-11-13(25)7-21(23(29)32)31(25)24(33)20-8-15(5-6-30-20)36(34,35)14-3-4-14/h5-6,8-10,12-14,21-22H,1-4,7,11H2,(H2,29,32)/t13?,21?,22-,25?/m1/s1. The third-order valence-electron chi connectivity index (χ3n) is 8.18. The number of pyridine rings is 1. The van der Waals surface area contributed by atoms with Gasteiger partial charge in [-0.05, 0) is 80.2 Å². The normalized spacial score (nSPS) is 28.0. The Morgan fingerprint density at radius 2 is 1.86 bits per heavy atom. The number of nitrogens with zero attached hydrogens (tertiary/aromatic N) is 2. The zero-order valence-corrected chi connectivity index (χ0v) is 20.7. The molecule has 4 atom stereocenters. The van der Waals surface area contributed by atoms with Gasteiger partial charge in [0.1, 0.15) is 23.4 Å². The molecule has 2 aromatic rings. The maximum absolute atomic E-state index is 15.2. The molecule has 190 valence electrons. The minimum atomic E-state index is -3.58. The van der Waals surface area contributed by atoms with E-state index in [0.29, 0.717) is 25.7 Å².